The number of nitrogens with zero attached hydrogens (tertiary/aromatic N) is 4. The number of benzene rings is 1. The van der Waals surface area contributed by atoms with Crippen LogP contribution >= 0.6 is 0 Å². The number of sulfone groups is 1. The molecule has 18 heavy (non-hydrogen) atoms. The van der Waals surface area contributed by atoms with Gasteiger partial charge in [0.05, 0.1) is 4.92 Å². The van der Waals surface area contributed by atoms with Gasteiger partial charge in [-0.05, 0) is 12.1 Å². The van der Waals surface area contributed by atoms with Gasteiger partial charge in [0.1, 0.15) is 23.2 Å². The summed E-state index contributed by atoms with van der Waals surface area (Å²) in [5, 5.41) is 14.8. The lowest BCUT2D eigenvalue weighted by atomic mass is 10.2. The van der Waals surface area contributed by atoms with Crippen LogP contribution in [0.5, 0.6) is 0 Å². The second-order valence-corrected chi connectivity index (χ2v) is 5.48. The maximum absolute atomic E-state index is 11.5. The predicted molar refractivity (Wildman–Crippen MR) is 61.1 cm³/mol. The van der Waals surface area contributed by atoms with Crippen molar-refractivity contribution in [3.63, 3.8) is 0 Å². The van der Waals surface area contributed by atoms with E-state index >= 15 is 0 Å². The van der Waals surface area contributed by atoms with Gasteiger partial charge in [0.15, 0.2) is 9.84 Å². The molecule has 94 valence electrons. The Balaban J connectivity index is 2.81. The van der Waals surface area contributed by atoms with Crippen molar-refractivity contribution in [2.75, 3.05) is 6.26 Å². The quantitative estimate of drug-likeness (QED) is 0.595. The molecule has 2 rings (SSSR count). The first-order valence-electron chi connectivity index (χ1n) is 4.73. The van der Waals surface area contributed by atoms with Gasteiger partial charge in [-0.2, -0.15) is 5.10 Å². The Morgan fingerprint density at radius 1 is 1.39 bits per heavy atom. The molecule has 0 radical (unpaired) electrons. The standard InChI is InChI=1S/C9H8N4O4S/c1-18(16,17)8-4-2-3-7(9(8)13(14)15)12-6-10-5-11-12/h2-6H,1H3. The summed E-state index contributed by atoms with van der Waals surface area (Å²) in [6, 6.07) is 4.01. The summed E-state index contributed by atoms with van der Waals surface area (Å²) in [4.78, 5) is 13.6. The van der Waals surface area contributed by atoms with Crippen LogP contribution in [0.2, 0.25) is 0 Å². The van der Waals surface area contributed by atoms with Crippen LogP contribution in [0.1, 0.15) is 0 Å². The molecule has 0 aliphatic rings. The van der Waals surface area contributed by atoms with Crippen LogP contribution in [0, 0.1) is 10.1 Å². The summed E-state index contributed by atoms with van der Waals surface area (Å²) in [6.45, 7) is 0. The molecule has 0 aliphatic carbocycles. The maximum atomic E-state index is 11.5. The Bertz CT molecular complexity index is 693. The summed E-state index contributed by atoms with van der Waals surface area (Å²) < 4.78 is 24.2. The zero-order valence-electron chi connectivity index (χ0n) is 9.22. The third-order valence-corrected chi connectivity index (χ3v) is 3.35. The fraction of sp³-hybridized carbons (Fsp3) is 0.111. The van der Waals surface area contributed by atoms with Gasteiger partial charge >= 0.3 is 5.69 Å². The fourth-order valence-corrected chi connectivity index (χ4v) is 2.37. The van der Waals surface area contributed by atoms with Crippen molar-refractivity contribution in [3.8, 4) is 5.69 Å². The van der Waals surface area contributed by atoms with Crippen molar-refractivity contribution in [2.24, 2.45) is 0 Å². The minimum absolute atomic E-state index is 0.0559. The van der Waals surface area contributed by atoms with E-state index in [1.54, 1.807) is 0 Å². The lowest BCUT2D eigenvalue weighted by Crippen LogP contribution is -2.07. The third kappa shape index (κ3) is 2.07. The number of nitro groups is 1. The highest BCUT2D eigenvalue weighted by atomic mass is 32.2. The number of para-hydroxylation sites is 1. The molecular weight excluding hydrogens is 260 g/mol. The molecule has 0 spiro atoms. The number of nitro benzene ring substituents is 1. The number of rotatable bonds is 3. The molecule has 0 unspecified atom stereocenters. The van der Waals surface area contributed by atoms with Gasteiger partial charge in [-0.15, -0.1) is 0 Å². The van der Waals surface area contributed by atoms with E-state index in [0.29, 0.717) is 0 Å². The maximum Gasteiger partial charge on any atom is 0.313 e. The van der Waals surface area contributed by atoms with Gasteiger partial charge in [-0.25, -0.2) is 18.1 Å². The monoisotopic (exact) mass is 268 g/mol. The second-order valence-electron chi connectivity index (χ2n) is 3.49. The van der Waals surface area contributed by atoms with Gasteiger partial charge in [0.25, 0.3) is 0 Å². The molecule has 0 aliphatic heterocycles. The van der Waals surface area contributed by atoms with Gasteiger partial charge in [0.2, 0.25) is 0 Å². The summed E-state index contributed by atoms with van der Waals surface area (Å²) >= 11 is 0. The fourth-order valence-electron chi connectivity index (χ4n) is 1.51. The lowest BCUT2D eigenvalue weighted by molar-refractivity contribution is -0.387. The molecule has 0 N–H and O–H groups in total. The number of hydrogen-bond acceptors (Lipinski definition) is 6. The highest BCUT2D eigenvalue weighted by Gasteiger charge is 2.27. The highest BCUT2D eigenvalue weighted by molar-refractivity contribution is 7.90. The SMILES string of the molecule is CS(=O)(=O)c1cccc(-n2cncn2)c1[N+](=O)[O-]. The molecule has 2 aromatic rings. The van der Waals surface area contributed by atoms with E-state index in [0.717, 1.165) is 10.9 Å². The van der Waals surface area contributed by atoms with Gasteiger partial charge < -0.3 is 0 Å². The minimum atomic E-state index is -3.70. The van der Waals surface area contributed by atoms with Gasteiger partial charge in [-0.3, -0.25) is 10.1 Å². The van der Waals surface area contributed by atoms with Crippen LogP contribution in [-0.2, 0) is 9.84 Å². The summed E-state index contributed by atoms with van der Waals surface area (Å²) in [5.41, 5.74) is -0.453. The first-order chi connectivity index (χ1) is 8.41. The van der Waals surface area contributed by atoms with E-state index in [1.165, 1.54) is 30.9 Å². The zero-order valence-corrected chi connectivity index (χ0v) is 10.0. The molecule has 8 nitrogen and oxygen atoms in total. The summed E-state index contributed by atoms with van der Waals surface area (Å²) in [6.07, 6.45) is 3.38. The van der Waals surface area contributed by atoms with Gasteiger partial charge in [0, 0.05) is 6.26 Å². The molecule has 0 fully saturated rings. The predicted octanol–water partition coefficient (Wildman–Crippen LogP) is 0.579. The Kier molecular flexibility index (Phi) is 2.83. The van der Waals surface area contributed by atoms with E-state index in [2.05, 4.69) is 10.1 Å². The first kappa shape index (κ1) is 12.2. The Morgan fingerprint density at radius 3 is 2.61 bits per heavy atom. The van der Waals surface area contributed by atoms with Crippen molar-refractivity contribution in [1.29, 1.82) is 0 Å². The van der Waals surface area contributed by atoms with E-state index in [1.807, 2.05) is 0 Å². The van der Waals surface area contributed by atoms with Gasteiger partial charge in [-0.1, -0.05) is 6.07 Å². The van der Waals surface area contributed by atoms with E-state index < -0.39 is 20.4 Å². The Labute approximate surface area is 102 Å². The minimum Gasteiger partial charge on any atom is -0.258 e. The second kappa shape index (κ2) is 4.18. The summed E-state index contributed by atoms with van der Waals surface area (Å²) in [7, 11) is -3.70. The van der Waals surface area contributed by atoms with Crippen LogP contribution in [0.3, 0.4) is 0 Å². The zero-order chi connectivity index (χ0) is 13.3. The molecule has 0 saturated carbocycles. The van der Waals surface area contributed by atoms with Crippen LogP contribution in [-0.4, -0.2) is 34.4 Å². The molecule has 1 aromatic heterocycles. The highest BCUT2D eigenvalue weighted by Crippen LogP contribution is 2.29. The van der Waals surface area contributed by atoms with E-state index in [-0.39, 0.29) is 10.6 Å². The van der Waals surface area contributed by atoms with Crippen molar-refractivity contribution >= 4 is 15.5 Å². The van der Waals surface area contributed by atoms with E-state index in [9.17, 15) is 18.5 Å². The smallest absolute Gasteiger partial charge is 0.258 e. The van der Waals surface area contributed by atoms with Crippen LogP contribution < -0.4 is 0 Å². The van der Waals surface area contributed by atoms with Crippen molar-refractivity contribution in [1.82, 2.24) is 14.8 Å². The Morgan fingerprint density at radius 2 is 2.11 bits per heavy atom. The molecule has 0 amide bonds. The van der Waals surface area contributed by atoms with Crippen LogP contribution in [0.15, 0.2) is 35.7 Å². The average Bonchev–Trinajstić information content (AvgIpc) is 2.80. The lowest BCUT2D eigenvalue weighted by Gasteiger charge is -2.05. The number of aromatic nitrogens is 3. The first-order valence-corrected chi connectivity index (χ1v) is 6.63. The molecular formula is C9H8N4O4S. The molecule has 0 bridgehead atoms. The van der Waals surface area contributed by atoms with Crippen LogP contribution in [0.25, 0.3) is 5.69 Å². The number of hydrogen-bond donors (Lipinski definition) is 0. The Hall–Kier alpha value is -2.29. The van der Waals surface area contributed by atoms with Crippen molar-refractivity contribution < 1.29 is 13.3 Å². The normalized spacial score (nSPS) is 11.4. The van der Waals surface area contributed by atoms with E-state index in [4.69, 9.17) is 0 Å². The third-order valence-electron chi connectivity index (χ3n) is 2.23. The summed E-state index contributed by atoms with van der Waals surface area (Å²) in [5.74, 6) is 0. The topological polar surface area (TPSA) is 108 Å². The molecule has 9 heteroatoms. The van der Waals surface area contributed by atoms with Crippen molar-refractivity contribution in [2.45, 2.75) is 4.90 Å². The molecule has 0 atom stereocenters. The molecule has 1 heterocycles. The molecule has 0 saturated heterocycles. The van der Waals surface area contributed by atoms with Crippen molar-refractivity contribution in [3.05, 3.63) is 41.0 Å². The average molecular weight is 268 g/mol. The molecule has 1 aromatic carbocycles. The van der Waals surface area contributed by atoms with Crippen LogP contribution in [0.4, 0.5) is 5.69 Å². The largest absolute Gasteiger partial charge is 0.313 e.